The number of hydrogen-bond donors (Lipinski definition) is 0. The van der Waals surface area contributed by atoms with Crippen molar-refractivity contribution in [2.45, 2.75) is 30.3 Å². The second kappa shape index (κ2) is 9.26. The first-order valence-corrected chi connectivity index (χ1v) is 11.7. The molecule has 0 spiro atoms. The summed E-state index contributed by atoms with van der Waals surface area (Å²) in [4.78, 5) is 0. The summed E-state index contributed by atoms with van der Waals surface area (Å²) in [6.07, 6.45) is 0.208. The second-order valence-electron chi connectivity index (χ2n) is 7.14. The van der Waals surface area contributed by atoms with Crippen LogP contribution in [0.1, 0.15) is 34.4 Å². The standard InChI is InChI=1S/C24H19BrN2O3S/c25-20-12-18-14-28-23(17-9-5-2-6-10-17)30-22(18)19(13-20)15-31-24-27-26-21(29-24)11-16-7-3-1-4-8-16/h1-10,12-13,23H,11,14-15H2. The van der Waals surface area contributed by atoms with Gasteiger partial charge in [-0.1, -0.05) is 88.4 Å². The van der Waals surface area contributed by atoms with E-state index in [2.05, 4.69) is 32.2 Å². The zero-order valence-corrected chi connectivity index (χ0v) is 18.9. The molecule has 0 fully saturated rings. The van der Waals surface area contributed by atoms with Gasteiger partial charge in [0.15, 0.2) is 0 Å². The number of hydrogen-bond acceptors (Lipinski definition) is 6. The highest BCUT2D eigenvalue weighted by atomic mass is 79.9. The van der Waals surface area contributed by atoms with E-state index in [1.54, 1.807) is 0 Å². The third kappa shape index (κ3) is 4.84. The van der Waals surface area contributed by atoms with E-state index >= 15 is 0 Å². The van der Waals surface area contributed by atoms with Gasteiger partial charge in [0.05, 0.1) is 13.0 Å². The molecule has 1 unspecified atom stereocenters. The number of nitrogens with zero attached hydrogens (tertiary/aromatic N) is 2. The van der Waals surface area contributed by atoms with Gasteiger partial charge in [0.2, 0.25) is 12.2 Å². The Balaban J connectivity index is 1.31. The molecule has 0 radical (unpaired) electrons. The van der Waals surface area contributed by atoms with Crippen LogP contribution in [0.15, 0.2) is 86.9 Å². The minimum absolute atomic E-state index is 0.417. The normalized spacial score (nSPS) is 15.3. The summed E-state index contributed by atoms with van der Waals surface area (Å²) in [6, 6.07) is 24.2. The van der Waals surface area contributed by atoms with Crippen molar-refractivity contribution in [1.29, 1.82) is 0 Å². The summed E-state index contributed by atoms with van der Waals surface area (Å²) >= 11 is 5.10. The molecule has 1 aliphatic rings. The van der Waals surface area contributed by atoms with Crippen LogP contribution in [-0.2, 0) is 23.5 Å². The van der Waals surface area contributed by atoms with E-state index in [-0.39, 0.29) is 0 Å². The van der Waals surface area contributed by atoms with Crippen LogP contribution in [-0.4, -0.2) is 10.2 Å². The van der Waals surface area contributed by atoms with E-state index < -0.39 is 6.29 Å². The summed E-state index contributed by atoms with van der Waals surface area (Å²) in [5, 5.41) is 8.92. The lowest BCUT2D eigenvalue weighted by Crippen LogP contribution is -2.19. The fourth-order valence-corrected chi connectivity index (χ4v) is 4.74. The molecule has 0 N–H and O–H groups in total. The summed E-state index contributed by atoms with van der Waals surface area (Å²) in [7, 11) is 0. The van der Waals surface area contributed by atoms with Crippen molar-refractivity contribution in [2.24, 2.45) is 0 Å². The first-order valence-electron chi connectivity index (χ1n) is 9.88. The van der Waals surface area contributed by atoms with Crippen LogP contribution in [0, 0.1) is 0 Å². The first-order chi connectivity index (χ1) is 15.2. The molecule has 0 saturated heterocycles. The Kier molecular flexibility index (Phi) is 6.06. The lowest BCUT2D eigenvalue weighted by Gasteiger charge is -2.28. The lowest BCUT2D eigenvalue weighted by atomic mass is 10.1. The van der Waals surface area contributed by atoms with Gasteiger partial charge in [-0.25, -0.2) is 0 Å². The van der Waals surface area contributed by atoms with Gasteiger partial charge in [0.25, 0.3) is 5.22 Å². The van der Waals surface area contributed by atoms with Gasteiger partial charge >= 0.3 is 0 Å². The minimum atomic E-state index is -0.417. The molecule has 1 aliphatic heterocycles. The van der Waals surface area contributed by atoms with Crippen LogP contribution in [0.4, 0.5) is 0 Å². The van der Waals surface area contributed by atoms with Gasteiger partial charge < -0.3 is 13.9 Å². The van der Waals surface area contributed by atoms with Gasteiger partial charge in [-0.2, -0.15) is 0 Å². The monoisotopic (exact) mass is 494 g/mol. The number of benzene rings is 3. The fourth-order valence-electron chi connectivity index (χ4n) is 3.44. The third-order valence-electron chi connectivity index (χ3n) is 4.89. The predicted molar refractivity (Wildman–Crippen MR) is 122 cm³/mol. The molecule has 1 atom stereocenters. The minimum Gasteiger partial charge on any atom is -0.460 e. The molecule has 2 heterocycles. The van der Waals surface area contributed by atoms with Gasteiger partial charge in [-0.05, 0) is 17.7 Å². The molecular formula is C24H19BrN2O3S. The smallest absolute Gasteiger partial charge is 0.276 e. The average Bonchev–Trinajstić information content (AvgIpc) is 3.25. The molecule has 1 aromatic heterocycles. The highest BCUT2D eigenvalue weighted by Gasteiger charge is 2.25. The number of ether oxygens (including phenoxy) is 2. The van der Waals surface area contributed by atoms with Crippen LogP contribution >= 0.6 is 27.7 Å². The summed E-state index contributed by atoms with van der Waals surface area (Å²) < 4.78 is 19.0. The van der Waals surface area contributed by atoms with E-state index in [1.807, 2.05) is 66.7 Å². The maximum atomic E-state index is 6.25. The van der Waals surface area contributed by atoms with Crippen LogP contribution < -0.4 is 4.74 Å². The van der Waals surface area contributed by atoms with Gasteiger partial charge in [0, 0.05) is 26.9 Å². The van der Waals surface area contributed by atoms with E-state index in [0.717, 1.165) is 32.5 Å². The van der Waals surface area contributed by atoms with E-state index in [4.69, 9.17) is 13.9 Å². The van der Waals surface area contributed by atoms with Gasteiger partial charge in [0.1, 0.15) is 5.75 Å². The Morgan fingerprint density at radius 2 is 1.74 bits per heavy atom. The number of halogens is 1. The first kappa shape index (κ1) is 20.3. The Hall–Kier alpha value is -2.61. The van der Waals surface area contributed by atoms with Crippen molar-refractivity contribution in [3.63, 3.8) is 0 Å². The number of thioether (sulfide) groups is 1. The molecule has 0 aliphatic carbocycles. The molecule has 5 nitrogen and oxygen atoms in total. The Morgan fingerprint density at radius 3 is 2.55 bits per heavy atom. The summed E-state index contributed by atoms with van der Waals surface area (Å²) in [5.74, 6) is 2.12. The van der Waals surface area contributed by atoms with Crippen LogP contribution in [0.3, 0.4) is 0 Å². The molecule has 31 heavy (non-hydrogen) atoms. The zero-order valence-electron chi connectivity index (χ0n) is 16.5. The molecular weight excluding hydrogens is 476 g/mol. The summed E-state index contributed by atoms with van der Waals surface area (Å²) in [6.45, 7) is 0.494. The van der Waals surface area contributed by atoms with Crippen molar-refractivity contribution in [1.82, 2.24) is 10.2 Å². The molecule has 5 rings (SSSR count). The van der Waals surface area contributed by atoms with Crippen LogP contribution in [0.25, 0.3) is 0 Å². The quantitative estimate of drug-likeness (QED) is 0.292. The third-order valence-corrected chi connectivity index (χ3v) is 6.22. The average molecular weight is 495 g/mol. The Morgan fingerprint density at radius 1 is 0.968 bits per heavy atom. The van der Waals surface area contributed by atoms with E-state index in [9.17, 15) is 0 Å². The zero-order chi connectivity index (χ0) is 21.0. The van der Waals surface area contributed by atoms with Crippen molar-refractivity contribution in [2.75, 3.05) is 0 Å². The molecule has 7 heteroatoms. The van der Waals surface area contributed by atoms with Crippen molar-refractivity contribution < 1.29 is 13.9 Å². The molecule has 0 bridgehead atoms. The summed E-state index contributed by atoms with van der Waals surface area (Å²) in [5.41, 5.74) is 4.22. The molecule has 3 aromatic carbocycles. The van der Waals surface area contributed by atoms with Crippen LogP contribution in [0.5, 0.6) is 5.75 Å². The highest BCUT2D eigenvalue weighted by Crippen LogP contribution is 2.40. The molecule has 0 saturated carbocycles. The van der Waals surface area contributed by atoms with Crippen LogP contribution in [0.2, 0.25) is 0 Å². The molecule has 0 amide bonds. The Labute approximate surface area is 192 Å². The van der Waals surface area contributed by atoms with Gasteiger partial charge in [-0.15, -0.1) is 10.2 Å². The largest absolute Gasteiger partial charge is 0.460 e. The van der Waals surface area contributed by atoms with Gasteiger partial charge in [-0.3, -0.25) is 0 Å². The van der Waals surface area contributed by atoms with Crippen molar-refractivity contribution in [3.05, 3.63) is 105 Å². The number of fused-ring (bicyclic) bond motifs is 1. The topological polar surface area (TPSA) is 57.4 Å². The fraction of sp³-hybridized carbons (Fsp3) is 0.167. The Bertz CT molecular complexity index is 1170. The maximum Gasteiger partial charge on any atom is 0.276 e. The van der Waals surface area contributed by atoms with Crippen molar-refractivity contribution in [3.8, 4) is 5.75 Å². The second-order valence-corrected chi connectivity index (χ2v) is 8.98. The number of aromatic nitrogens is 2. The van der Waals surface area contributed by atoms with E-state index in [1.165, 1.54) is 11.8 Å². The maximum absolute atomic E-state index is 6.25. The number of rotatable bonds is 6. The van der Waals surface area contributed by atoms with E-state index in [0.29, 0.717) is 29.9 Å². The van der Waals surface area contributed by atoms with Crippen molar-refractivity contribution >= 4 is 27.7 Å². The predicted octanol–water partition coefficient (Wildman–Crippen LogP) is 6.32. The molecule has 4 aromatic rings. The highest BCUT2D eigenvalue weighted by molar-refractivity contribution is 9.10. The SMILES string of the molecule is Brc1cc2c(c(CSc3nnc(Cc4ccccc4)o3)c1)OC(c1ccccc1)OC2. The lowest BCUT2D eigenvalue weighted by molar-refractivity contribution is -0.111. The molecule has 156 valence electrons.